The van der Waals surface area contributed by atoms with Gasteiger partial charge in [-0.15, -0.1) is 0 Å². The molecule has 0 aromatic rings. The lowest BCUT2D eigenvalue weighted by molar-refractivity contribution is -0.167. The van der Waals surface area contributed by atoms with E-state index in [9.17, 15) is 14.7 Å². The van der Waals surface area contributed by atoms with E-state index in [1.54, 1.807) is 0 Å². The summed E-state index contributed by atoms with van der Waals surface area (Å²) in [6, 6.07) is 0. The van der Waals surface area contributed by atoms with Crippen LogP contribution in [0.1, 0.15) is 112 Å². The van der Waals surface area contributed by atoms with Gasteiger partial charge in [0.1, 0.15) is 0 Å². The molecule has 0 saturated carbocycles. The fourth-order valence-corrected chi connectivity index (χ4v) is 5.29. The van der Waals surface area contributed by atoms with Crippen LogP contribution in [0.3, 0.4) is 0 Å². The second-order valence-electron chi connectivity index (χ2n) is 9.11. The van der Waals surface area contributed by atoms with Crippen LogP contribution in [-0.4, -0.2) is 22.2 Å². The predicted molar refractivity (Wildman–Crippen MR) is 112 cm³/mol. The molecule has 4 nitrogen and oxygen atoms in total. The van der Waals surface area contributed by atoms with Crippen molar-refractivity contribution in [1.29, 1.82) is 0 Å². The molecule has 0 radical (unpaired) electrons. The normalized spacial score (nSPS) is 14.5. The molecular weight excluding hydrogens is 340 g/mol. The van der Waals surface area contributed by atoms with Gasteiger partial charge in [0.15, 0.2) is 0 Å². The third kappa shape index (κ3) is 7.12. The summed E-state index contributed by atoms with van der Waals surface area (Å²) in [6.07, 6.45) is 9.81. The van der Waals surface area contributed by atoms with Crippen molar-refractivity contribution in [3.8, 4) is 0 Å². The Labute approximate surface area is 167 Å². The highest BCUT2D eigenvalue weighted by Crippen LogP contribution is 2.56. The number of carboxylic acid groups (broad SMARTS) is 2. The minimum absolute atomic E-state index is 0.198. The van der Waals surface area contributed by atoms with Gasteiger partial charge in [0.25, 0.3) is 0 Å². The van der Waals surface area contributed by atoms with E-state index in [-0.39, 0.29) is 23.7 Å². The molecule has 0 bridgehead atoms. The molecule has 0 heterocycles. The lowest BCUT2D eigenvalue weighted by Crippen LogP contribution is -2.52. The third-order valence-electron chi connectivity index (χ3n) is 6.82. The van der Waals surface area contributed by atoms with Crippen LogP contribution in [0.4, 0.5) is 0 Å². The van der Waals surface area contributed by atoms with Crippen LogP contribution < -0.4 is 0 Å². The van der Waals surface area contributed by atoms with E-state index >= 15 is 0 Å². The van der Waals surface area contributed by atoms with E-state index < -0.39 is 17.4 Å². The summed E-state index contributed by atoms with van der Waals surface area (Å²) in [5.41, 5.74) is -1.04. The van der Waals surface area contributed by atoms with Gasteiger partial charge in [-0.05, 0) is 43.4 Å². The molecule has 2 N–H and O–H groups in total. The minimum Gasteiger partial charge on any atom is -0.481 e. The molecular formula is C23H44O4. The molecule has 27 heavy (non-hydrogen) atoms. The summed E-state index contributed by atoms with van der Waals surface area (Å²) in [6.45, 7) is 12.8. The van der Waals surface area contributed by atoms with Gasteiger partial charge in [-0.3, -0.25) is 9.59 Å². The Morgan fingerprint density at radius 3 is 1.70 bits per heavy atom. The Kier molecular flexibility index (Phi) is 11.9. The Morgan fingerprint density at radius 2 is 1.26 bits per heavy atom. The maximum atomic E-state index is 12.5. The molecule has 160 valence electrons. The van der Waals surface area contributed by atoms with Crippen molar-refractivity contribution < 1.29 is 19.8 Å². The SMILES string of the molecule is CCCCCCCC(C)(C(=O)O)C(CCCCCC(=O)O)(C(C)C)C(C)C. The van der Waals surface area contributed by atoms with Gasteiger partial charge in [-0.1, -0.05) is 79.6 Å². The zero-order chi connectivity index (χ0) is 21.1. The van der Waals surface area contributed by atoms with Gasteiger partial charge in [0.05, 0.1) is 5.41 Å². The van der Waals surface area contributed by atoms with Crippen molar-refractivity contribution in [1.82, 2.24) is 0 Å². The van der Waals surface area contributed by atoms with Crippen LogP contribution in [0, 0.1) is 22.7 Å². The summed E-state index contributed by atoms with van der Waals surface area (Å²) in [4.78, 5) is 23.2. The molecule has 0 aromatic heterocycles. The molecule has 4 heteroatoms. The monoisotopic (exact) mass is 384 g/mol. The van der Waals surface area contributed by atoms with E-state index in [2.05, 4.69) is 34.6 Å². The number of carbonyl (C=O) groups is 2. The van der Waals surface area contributed by atoms with Crippen LogP contribution in [0.2, 0.25) is 0 Å². The first kappa shape index (κ1) is 25.9. The van der Waals surface area contributed by atoms with Crippen LogP contribution in [0.15, 0.2) is 0 Å². The molecule has 1 unspecified atom stereocenters. The summed E-state index contributed by atoms with van der Waals surface area (Å²) >= 11 is 0. The highest BCUT2D eigenvalue weighted by Gasteiger charge is 2.55. The van der Waals surface area contributed by atoms with Crippen LogP contribution in [-0.2, 0) is 9.59 Å². The Bertz CT molecular complexity index is 434. The lowest BCUT2D eigenvalue weighted by Gasteiger charge is -2.53. The standard InChI is InChI=1S/C23H44O4/c1-7-8-9-10-13-16-22(6,21(26)27)23(18(2)3,19(4)5)17-14-11-12-15-20(24)25/h18-19H,7-17H2,1-6H3,(H,24,25)(H,26,27). The Hall–Kier alpha value is -1.06. The quantitative estimate of drug-likeness (QED) is 0.288. The van der Waals surface area contributed by atoms with Crippen molar-refractivity contribution >= 4 is 11.9 Å². The molecule has 0 aliphatic rings. The van der Waals surface area contributed by atoms with Crippen molar-refractivity contribution in [2.45, 2.75) is 112 Å². The fourth-order valence-electron chi connectivity index (χ4n) is 5.29. The predicted octanol–water partition coefficient (Wildman–Crippen LogP) is 6.77. The number of rotatable bonds is 16. The van der Waals surface area contributed by atoms with E-state index in [0.717, 1.165) is 38.5 Å². The van der Waals surface area contributed by atoms with Crippen molar-refractivity contribution in [3.63, 3.8) is 0 Å². The third-order valence-corrected chi connectivity index (χ3v) is 6.82. The number of hydrogen-bond donors (Lipinski definition) is 2. The number of aliphatic carboxylic acids is 2. The molecule has 0 aliphatic heterocycles. The first-order chi connectivity index (χ1) is 12.6. The summed E-state index contributed by atoms with van der Waals surface area (Å²) in [5.74, 6) is -0.912. The fraction of sp³-hybridized carbons (Fsp3) is 0.913. The second kappa shape index (κ2) is 12.4. The van der Waals surface area contributed by atoms with Gasteiger partial charge >= 0.3 is 11.9 Å². The number of hydrogen-bond acceptors (Lipinski definition) is 2. The van der Waals surface area contributed by atoms with E-state index in [1.807, 2.05) is 6.92 Å². The number of unbranched alkanes of at least 4 members (excludes halogenated alkanes) is 6. The highest BCUT2D eigenvalue weighted by molar-refractivity contribution is 5.75. The summed E-state index contributed by atoms with van der Waals surface area (Å²) in [7, 11) is 0. The molecule has 0 saturated heterocycles. The average Bonchev–Trinajstić information content (AvgIpc) is 2.56. The molecule has 0 rings (SSSR count). The highest BCUT2D eigenvalue weighted by atomic mass is 16.4. The van der Waals surface area contributed by atoms with Crippen molar-refractivity contribution in [2.75, 3.05) is 0 Å². The van der Waals surface area contributed by atoms with E-state index in [1.165, 1.54) is 19.3 Å². The molecule has 1 atom stereocenters. The van der Waals surface area contributed by atoms with E-state index in [0.29, 0.717) is 6.42 Å². The largest absolute Gasteiger partial charge is 0.481 e. The number of carboxylic acids is 2. The second-order valence-corrected chi connectivity index (χ2v) is 9.11. The van der Waals surface area contributed by atoms with Gasteiger partial charge in [-0.2, -0.15) is 0 Å². The van der Waals surface area contributed by atoms with Crippen LogP contribution in [0.25, 0.3) is 0 Å². The Morgan fingerprint density at radius 1 is 0.778 bits per heavy atom. The van der Waals surface area contributed by atoms with Gasteiger partial charge < -0.3 is 10.2 Å². The van der Waals surface area contributed by atoms with Gasteiger partial charge in [0, 0.05) is 6.42 Å². The summed E-state index contributed by atoms with van der Waals surface area (Å²) in [5, 5.41) is 19.1. The van der Waals surface area contributed by atoms with Crippen molar-refractivity contribution in [3.05, 3.63) is 0 Å². The molecule has 0 fully saturated rings. The maximum absolute atomic E-state index is 12.5. The van der Waals surface area contributed by atoms with Crippen molar-refractivity contribution in [2.24, 2.45) is 22.7 Å². The zero-order valence-corrected chi connectivity index (χ0v) is 18.6. The first-order valence-electron chi connectivity index (χ1n) is 11.0. The molecule has 0 spiro atoms. The topological polar surface area (TPSA) is 74.6 Å². The molecule has 0 aliphatic carbocycles. The average molecular weight is 385 g/mol. The minimum atomic E-state index is -0.756. The van der Waals surface area contributed by atoms with Gasteiger partial charge in [-0.25, -0.2) is 0 Å². The zero-order valence-electron chi connectivity index (χ0n) is 18.6. The maximum Gasteiger partial charge on any atom is 0.309 e. The molecule has 0 aromatic carbocycles. The van der Waals surface area contributed by atoms with Gasteiger partial charge in [0.2, 0.25) is 0 Å². The summed E-state index contributed by atoms with van der Waals surface area (Å²) < 4.78 is 0. The lowest BCUT2D eigenvalue weighted by atomic mass is 9.50. The molecule has 0 amide bonds. The van der Waals surface area contributed by atoms with Crippen LogP contribution >= 0.6 is 0 Å². The Balaban J connectivity index is 5.36. The smallest absolute Gasteiger partial charge is 0.309 e. The van der Waals surface area contributed by atoms with E-state index in [4.69, 9.17) is 5.11 Å². The van der Waals surface area contributed by atoms with Crippen LogP contribution in [0.5, 0.6) is 0 Å². The first-order valence-corrected chi connectivity index (χ1v) is 11.0.